The van der Waals surface area contributed by atoms with Crippen molar-refractivity contribution in [2.75, 3.05) is 4.90 Å². The van der Waals surface area contributed by atoms with E-state index in [2.05, 4.69) is 18.1 Å². The lowest BCUT2D eigenvalue weighted by molar-refractivity contribution is -0.119. The number of hydrogen-bond acceptors (Lipinski definition) is 2. The van der Waals surface area contributed by atoms with Gasteiger partial charge in [0.1, 0.15) is 0 Å². The van der Waals surface area contributed by atoms with Crippen molar-refractivity contribution in [1.29, 1.82) is 0 Å². The van der Waals surface area contributed by atoms with Gasteiger partial charge in [-0.15, -0.1) is 0 Å². The molecule has 21 heavy (non-hydrogen) atoms. The van der Waals surface area contributed by atoms with Crippen molar-refractivity contribution >= 4 is 11.6 Å². The highest BCUT2D eigenvalue weighted by Crippen LogP contribution is 2.32. The number of carbonyl (C=O) groups excluding carboxylic acids is 1. The summed E-state index contributed by atoms with van der Waals surface area (Å²) in [7, 11) is 0. The molecule has 0 aliphatic carbocycles. The van der Waals surface area contributed by atoms with E-state index in [-0.39, 0.29) is 11.9 Å². The van der Waals surface area contributed by atoms with Crippen LogP contribution >= 0.6 is 0 Å². The maximum absolute atomic E-state index is 12.6. The van der Waals surface area contributed by atoms with Crippen molar-refractivity contribution in [2.45, 2.75) is 46.2 Å². The standard InChI is InChI=1S/C17H21N3O/c1-12-10-13(2)19(18-12)9-8-17(21)20-14(3)11-15-6-4-5-7-16(15)20/h4-7,10,14H,8-9,11H2,1-3H3/t14-/m1/s1. The third kappa shape index (κ3) is 2.58. The van der Waals surface area contributed by atoms with Crippen molar-refractivity contribution in [3.05, 3.63) is 47.3 Å². The first kappa shape index (κ1) is 13.9. The van der Waals surface area contributed by atoms with Gasteiger partial charge in [-0.3, -0.25) is 9.48 Å². The number of rotatable bonds is 3. The molecule has 1 aromatic heterocycles. The van der Waals surface area contributed by atoms with Gasteiger partial charge >= 0.3 is 0 Å². The largest absolute Gasteiger partial charge is 0.309 e. The Morgan fingerprint density at radius 3 is 2.81 bits per heavy atom. The van der Waals surface area contributed by atoms with Gasteiger partial charge in [-0.25, -0.2) is 0 Å². The van der Waals surface area contributed by atoms with Crippen molar-refractivity contribution < 1.29 is 4.79 Å². The highest BCUT2D eigenvalue weighted by atomic mass is 16.2. The molecule has 3 rings (SSSR count). The van der Waals surface area contributed by atoms with Crippen molar-refractivity contribution in [2.24, 2.45) is 0 Å². The number of aryl methyl sites for hydroxylation is 3. The van der Waals surface area contributed by atoms with Gasteiger partial charge in [0.05, 0.1) is 5.69 Å². The monoisotopic (exact) mass is 283 g/mol. The SMILES string of the molecule is Cc1cc(C)n(CCC(=O)N2c3ccccc3C[C@H]2C)n1. The van der Waals surface area contributed by atoms with Crippen LogP contribution in [0.3, 0.4) is 0 Å². The normalized spacial score (nSPS) is 17.1. The highest BCUT2D eigenvalue weighted by Gasteiger charge is 2.30. The molecule has 0 saturated heterocycles. The zero-order valence-corrected chi connectivity index (χ0v) is 12.8. The highest BCUT2D eigenvalue weighted by molar-refractivity contribution is 5.96. The molecule has 0 spiro atoms. The predicted molar refractivity (Wildman–Crippen MR) is 83.4 cm³/mol. The average molecular weight is 283 g/mol. The van der Waals surface area contributed by atoms with Gasteiger partial charge in [0.2, 0.25) is 5.91 Å². The molecule has 1 amide bonds. The van der Waals surface area contributed by atoms with E-state index in [4.69, 9.17) is 0 Å². The van der Waals surface area contributed by atoms with Crippen LogP contribution in [0.25, 0.3) is 0 Å². The molecule has 0 unspecified atom stereocenters. The summed E-state index contributed by atoms with van der Waals surface area (Å²) in [5, 5.41) is 4.42. The first-order chi connectivity index (χ1) is 10.1. The first-order valence-electron chi connectivity index (χ1n) is 7.47. The van der Waals surface area contributed by atoms with E-state index in [1.165, 1.54) is 5.56 Å². The molecule has 2 aromatic rings. The number of fused-ring (bicyclic) bond motifs is 1. The van der Waals surface area contributed by atoms with Crippen molar-refractivity contribution in [3.63, 3.8) is 0 Å². The molecule has 4 heteroatoms. The van der Waals surface area contributed by atoms with Gasteiger partial charge in [-0.05, 0) is 44.9 Å². The Kier molecular flexibility index (Phi) is 3.53. The fraction of sp³-hybridized carbons (Fsp3) is 0.412. The minimum atomic E-state index is 0.181. The molecule has 0 N–H and O–H groups in total. The Morgan fingerprint density at radius 1 is 1.33 bits per heavy atom. The van der Waals surface area contributed by atoms with Crippen LogP contribution in [0.2, 0.25) is 0 Å². The zero-order chi connectivity index (χ0) is 15.0. The summed E-state index contributed by atoms with van der Waals surface area (Å²) < 4.78 is 1.92. The van der Waals surface area contributed by atoms with E-state index in [0.717, 1.165) is 23.5 Å². The van der Waals surface area contributed by atoms with Gasteiger partial charge < -0.3 is 4.90 Å². The third-order valence-electron chi connectivity index (χ3n) is 4.12. The number of hydrogen-bond donors (Lipinski definition) is 0. The van der Waals surface area contributed by atoms with E-state index in [9.17, 15) is 4.79 Å². The van der Waals surface area contributed by atoms with Crippen LogP contribution in [0.5, 0.6) is 0 Å². The number of amides is 1. The second kappa shape index (κ2) is 5.35. The Bertz CT molecular complexity index is 674. The quantitative estimate of drug-likeness (QED) is 0.868. The molecule has 0 fully saturated rings. The average Bonchev–Trinajstić information content (AvgIpc) is 2.94. The molecule has 1 atom stereocenters. The molecule has 2 heterocycles. The third-order valence-corrected chi connectivity index (χ3v) is 4.12. The van der Waals surface area contributed by atoms with E-state index < -0.39 is 0 Å². The van der Waals surface area contributed by atoms with Crippen molar-refractivity contribution in [3.8, 4) is 0 Å². The molecule has 110 valence electrons. The summed E-state index contributed by atoms with van der Waals surface area (Å²) in [5.74, 6) is 0.181. The van der Waals surface area contributed by atoms with Gasteiger partial charge in [0.15, 0.2) is 0 Å². The molecule has 0 radical (unpaired) electrons. The fourth-order valence-electron chi connectivity index (χ4n) is 3.17. The van der Waals surface area contributed by atoms with E-state index in [1.54, 1.807) is 0 Å². The Labute approximate surface area is 125 Å². The van der Waals surface area contributed by atoms with Crippen LogP contribution in [0.1, 0.15) is 30.3 Å². The summed E-state index contributed by atoms with van der Waals surface area (Å²) in [4.78, 5) is 14.5. The van der Waals surface area contributed by atoms with E-state index >= 15 is 0 Å². The zero-order valence-electron chi connectivity index (χ0n) is 12.8. The Balaban J connectivity index is 1.73. The van der Waals surface area contributed by atoms with Crippen LogP contribution in [0.15, 0.2) is 30.3 Å². The summed E-state index contributed by atoms with van der Waals surface area (Å²) >= 11 is 0. The van der Waals surface area contributed by atoms with Gasteiger partial charge in [0, 0.05) is 30.4 Å². The number of benzene rings is 1. The maximum atomic E-state index is 12.6. The Hall–Kier alpha value is -2.10. The second-order valence-electron chi connectivity index (χ2n) is 5.85. The minimum Gasteiger partial charge on any atom is -0.309 e. The molecular formula is C17H21N3O. The lowest BCUT2D eigenvalue weighted by Gasteiger charge is -2.22. The molecule has 1 aliphatic rings. The minimum absolute atomic E-state index is 0.181. The summed E-state index contributed by atoms with van der Waals surface area (Å²) in [6.07, 6.45) is 1.43. The lowest BCUT2D eigenvalue weighted by atomic mass is 10.1. The maximum Gasteiger partial charge on any atom is 0.229 e. The molecule has 1 aliphatic heterocycles. The van der Waals surface area contributed by atoms with Crippen molar-refractivity contribution in [1.82, 2.24) is 9.78 Å². The predicted octanol–water partition coefficient (Wildman–Crippen LogP) is 2.87. The summed E-state index contributed by atoms with van der Waals surface area (Å²) in [6, 6.07) is 10.5. The number of para-hydroxylation sites is 1. The van der Waals surface area contributed by atoms with Crippen LogP contribution in [-0.4, -0.2) is 21.7 Å². The van der Waals surface area contributed by atoms with Gasteiger partial charge in [-0.2, -0.15) is 5.10 Å². The topological polar surface area (TPSA) is 38.1 Å². The summed E-state index contributed by atoms with van der Waals surface area (Å²) in [6.45, 7) is 6.76. The number of aromatic nitrogens is 2. The first-order valence-corrected chi connectivity index (χ1v) is 7.47. The van der Waals surface area contributed by atoms with E-state index in [0.29, 0.717) is 13.0 Å². The van der Waals surface area contributed by atoms with E-state index in [1.807, 2.05) is 47.7 Å². The number of carbonyl (C=O) groups is 1. The smallest absolute Gasteiger partial charge is 0.229 e. The molecule has 0 bridgehead atoms. The number of anilines is 1. The Morgan fingerprint density at radius 2 is 2.10 bits per heavy atom. The van der Waals surface area contributed by atoms with Gasteiger partial charge in [0.25, 0.3) is 0 Å². The molecule has 1 aromatic carbocycles. The van der Waals surface area contributed by atoms with Crippen LogP contribution < -0.4 is 4.90 Å². The fourth-order valence-corrected chi connectivity index (χ4v) is 3.17. The molecule has 4 nitrogen and oxygen atoms in total. The lowest BCUT2D eigenvalue weighted by Crippen LogP contribution is -2.36. The molecular weight excluding hydrogens is 262 g/mol. The van der Waals surface area contributed by atoms with Crippen LogP contribution in [0, 0.1) is 13.8 Å². The number of nitrogens with zero attached hydrogens (tertiary/aromatic N) is 3. The van der Waals surface area contributed by atoms with Gasteiger partial charge in [-0.1, -0.05) is 18.2 Å². The molecule has 0 saturated carbocycles. The summed E-state index contributed by atoms with van der Waals surface area (Å²) in [5.41, 5.74) is 4.45. The van der Waals surface area contributed by atoms with Crippen LogP contribution in [0.4, 0.5) is 5.69 Å². The second-order valence-corrected chi connectivity index (χ2v) is 5.85. The van der Waals surface area contributed by atoms with Crippen LogP contribution in [-0.2, 0) is 17.8 Å².